The monoisotopic (exact) mass is 416 g/mol. The van der Waals surface area contributed by atoms with Crippen molar-refractivity contribution in [1.82, 2.24) is 10.2 Å². The van der Waals surface area contributed by atoms with Crippen LogP contribution in [0.5, 0.6) is 0 Å². The van der Waals surface area contributed by atoms with Crippen molar-refractivity contribution in [2.75, 3.05) is 5.75 Å². The second kappa shape index (κ2) is 11.0. The molecule has 0 saturated carbocycles. The number of hydrogen-bond acceptors (Lipinski definition) is 3. The molecular weight excluding hydrogens is 387 g/mol. The maximum Gasteiger partial charge on any atom is 0.242 e. The SMILES string of the molecule is Cc1cccc(CSCC(=O)N(Cc2ccccc2F)C(C)C(=O)NC(C)C)c1. The van der Waals surface area contributed by atoms with Gasteiger partial charge in [0.25, 0.3) is 0 Å². The Balaban J connectivity index is 2.09. The van der Waals surface area contributed by atoms with Gasteiger partial charge >= 0.3 is 0 Å². The maximum absolute atomic E-state index is 14.2. The number of nitrogens with zero attached hydrogens (tertiary/aromatic N) is 1. The first-order chi connectivity index (χ1) is 13.8. The zero-order valence-electron chi connectivity index (χ0n) is 17.4. The van der Waals surface area contributed by atoms with Crippen LogP contribution in [0.1, 0.15) is 37.5 Å². The van der Waals surface area contributed by atoms with Crippen LogP contribution < -0.4 is 5.32 Å². The molecule has 0 heterocycles. The van der Waals surface area contributed by atoms with Crippen molar-refractivity contribution in [1.29, 1.82) is 0 Å². The fourth-order valence-corrected chi connectivity index (χ4v) is 3.80. The van der Waals surface area contributed by atoms with Gasteiger partial charge in [-0.2, -0.15) is 0 Å². The molecule has 0 aliphatic carbocycles. The Hall–Kier alpha value is -2.34. The van der Waals surface area contributed by atoms with Crippen molar-refractivity contribution < 1.29 is 14.0 Å². The summed E-state index contributed by atoms with van der Waals surface area (Å²) in [7, 11) is 0. The molecule has 1 unspecified atom stereocenters. The number of amides is 2. The van der Waals surface area contributed by atoms with Crippen molar-refractivity contribution in [2.24, 2.45) is 0 Å². The highest BCUT2D eigenvalue weighted by molar-refractivity contribution is 7.99. The first-order valence-electron chi connectivity index (χ1n) is 9.74. The zero-order chi connectivity index (χ0) is 21.4. The molecule has 0 aromatic heterocycles. The fourth-order valence-electron chi connectivity index (χ4n) is 2.94. The van der Waals surface area contributed by atoms with Crippen LogP contribution in [0.25, 0.3) is 0 Å². The summed E-state index contributed by atoms with van der Waals surface area (Å²) < 4.78 is 14.2. The summed E-state index contributed by atoms with van der Waals surface area (Å²) in [4.78, 5) is 26.9. The van der Waals surface area contributed by atoms with Gasteiger partial charge in [0.05, 0.1) is 5.75 Å². The van der Waals surface area contributed by atoms with Gasteiger partial charge in [0, 0.05) is 23.9 Å². The van der Waals surface area contributed by atoms with Gasteiger partial charge in [0.2, 0.25) is 11.8 Å². The smallest absolute Gasteiger partial charge is 0.242 e. The van der Waals surface area contributed by atoms with Crippen molar-refractivity contribution in [3.8, 4) is 0 Å². The topological polar surface area (TPSA) is 49.4 Å². The number of rotatable bonds is 9. The molecule has 4 nitrogen and oxygen atoms in total. The number of hydrogen-bond donors (Lipinski definition) is 1. The third kappa shape index (κ3) is 7.20. The van der Waals surface area contributed by atoms with E-state index >= 15 is 0 Å². The third-order valence-corrected chi connectivity index (χ3v) is 5.46. The molecule has 2 rings (SSSR count). The van der Waals surface area contributed by atoms with Crippen LogP contribution in [-0.2, 0) is 21.9 Å². The molecule has 0 fully saturated rings. The number of thioether (sulfide) groups is 1. The Morgan fingerprint density at radius 1 is 1.10 bits per heavy atom. The van der Waals surface area contributed by atoms with Crippen LogP contribution >= 0.6 is 11.8 Å². The van der Waals surface area contributed by atoms with Gasteiger partial charge < -0.3 is 10.2 Å². The average Bonchev–Trinajstić information content (AvgIpc) is 2.66. The highest BCUT2D eigenvalue weighted by Gasteiger charge is 2.27. The molecule has 1 N–H and O–H groups in total. The molecule has 0 saturated heterocycles. The highest BCUT2D eigenvalue weighted by atomic mass is 32.2. The lowest BCUT2D eigenvalue weighted by Crippen LogP contribution is -2.49. The standard InChI is InChI=1S/C23H29FN2O2S/c1-16(2)25-23(28)18(4)26(13-20-10-5-6-11-21(20)24)22(27)15-29-14-19-9-7-8-17(3)12-19/h5-12,16,18H,13-15H2,1-4H3,(H,25,28). The molecule has 2 aromatic carbocycles. The van der Waals surface area contributed by atoms with E-state index in [0.717, 1.165) is 5.56 Å². The van der Waals surface area contributed by atoms with E-state index in [1.165, 1.54) is 28.3 Å². The van der Waals surface area contributed by atoms with Gasteiger partial charge in [-0.3, -0.25) is 9.59 Å². The van der Waals surface area contributed by atoms with Crippen molar-refractivity contribution >= 4 is 23.6 Å². The van der Waals surface area contributed by atoms with E-state index in [0.29, 0.717) is 11.3 Å². The van der Waals surface area contributed by atoms with E-state index in [-0.39, 0.29) is 36.0 Å². The second-order valence-electron chi connectivity index (χ2n) is 7.43. The first kappa shape index (κ1) is 22.9. The molecule has 6 heteroatoms. The van der Waals surface area contributed by atoms with Crippen LogP contribution in [0.15, 0.2) is 48.5 Å². The molecule has 0 spiro atoms. The molecule has 156 valence electrons. The maximum atomic E-state index is 14.2. The molecule has 0 bridgehead atoms. The van der Waals surface area contributed by atoms with E-state index in [9.17, 15) is 14.0 Å². The number of nitrogens with one attached hydrogen (secondary N) is 1. The number of carbonyl (C=O) groups excluding carboxylic acids is 2. The van der Waals surface area contributed by atoms with E-state index in [4.69, 9.17) is 0 Å². The number of aryl methyl sites for hydroxylation is 1. The van der Waals surface area contributed by atoms with Gasteiger partial charge in [0.15, 0.2) is 0 Å². The highest BCUT2D eigenvalue weighted by Crippen LogP contribution is 2.18. The average molecular weight is 417 g/mol. The van der Waals surface area contributed by atoms with E-state index in [1.807, 2.05) is 39.0 Å². The molecule has 0 radical (unpaired) electrons. The molecule has 2 aromatic rings. The van der Waals surface area contributed by atoms with Crippen molar-refractivity contribution in [3.63, 3.8) is 0 Å². The molecule has 29 heavy (non-hydrogen) atoms. The van der Waals surface area contributed by atoms with Crippen LogP contribution in [0.2, 0.25) is 0 Å². The normalized spacial score (nSPS) is 11.9. The molecule has 1 atom stereocenters. The van der Waals surface area contributed by atoms with Crippen molar-refractivity contribution in [3.05, 3.63) is 71.0 Å². The summed E-state index contributed by atoms with van der Waals surface area (Å²) in [5.74, 6) is 0.120. The summed E-state index contributed by atoms with van der Waals surface area (Å²) in [6.45, 7) is 7.51. The Morgan fingerprint density at radius 3 is 2.48 bits per heavy atom. The van der Waals surface area contributed by atoms with Crippen molar-refractivity contribution in [2.45, 2.75) is 52.1 Å². The minimum Gasteiger partial charge on any atom is -0.352 e. The van der Waals surface area contributed by atoms with E-state index < -0.39 is 6.04 Å². The molecular formula is C23H29FN2O2S. The Morgan fingerprint density at radius 2 is 1.83 bits per heavy atom. The molecule has 0 aliphatic rings. The minimum absolute atomic E-state index is 0.0361. The summed E-state index contributed by atoms with van der Waals surface area (Å²) >= 11 is 1.49. The van der Waals surface area contributed by atoms with Gasteiger partial charge in [-0.15, -0.1) is 11.8 Å². The molecule has 0 aliphatic heterocycles. The minimum atomic E-state index is -0.691. The predicted molar refractivity (Wildman–Crippen MR) is 117 cm³/mol. The van der Waals surface area contributed by atoms with Gasteiger partial charge in [-0.25, -0.2) is 4.39 Å². The summed E-state index contributed by atoms with van der Waals surface area (Å²) in [5, 5.41) is 2.83. The lowest BCUT2D eigenvalue weighted by atomic mass is 10.1. The summed E-state index contributed by atoms with van der Waals surface area (Å²) in [6, 6.07) is 13.8. The van der Waals surface area contributed by atoms with Crippen LogP contribution in [-0.4, -0.2) is 34.6 Å². The lowest BCUT2D eigenvalue weighted by Gasteiger charge is -2.29. The van der Waals surface area contributed by atoms with Gasteiger partial charge in [-0.05, 0) is 39.3 Å². The van der Waals surface area contributed by atoms with E-state index in [1.54, 1.807) is 25.1 Å². The summed E-state index contributed by atoms with van der Waals surface area (Å²) in [5.41, 5.74) is 2.72. The summed E-state index contributed by atoms with van der Waals surface area (Å²) in [6.07, 6.45) is 0. The van der Waals surface area contributed by atoms with Gasteiger partial charge in [-0.1, -0.05) is 48.0 Å². The quantitative estimate of drug-likeness (QED) is 0.663. The largest absolute Gasteiger partial charge is 0.352 e. The van der Waals surface area contributed by atoms with E-state index in [2.05, 4.69) is 11.4 Å². The Bertz CT molecular complexity index is 841. The zero-order valence-corrected chi connectivity index (χ0v) is 18.3. The van der Waals surface area contributed by atoms with Crippen LogP contribution in [0.4, 0.5) is 4.39 Å². The fraction of sp³-hybridized carbons (Fsp3) is 0.391. The lowest BCUT2D eigenvalue weighted by molar-refractivity contribution is -0.138. The number of benzene rings is 2. The Kier molecular flexibility index (Phi) is 8.70. The third-order valence-electron chi connectivity index (χ3n) is 4.47. The number of carbonyl (C=O) groups is 2. The van der Waals surface area contributed by atoms with Crippen LogP contribution in [0.3, 0.4) is 0 Å². The Labute approximate surface area is 176 Å². The van der Waals surface area contributed by atoms with Crippen LogP contribution in [0, 0.1) is 12.7 Å². The first-order valence-corrected chi connectivity index (χ1v) is 10.9. The molecule has 2 amide bonds. The predicted octanol–water partition coefficient (Wildman–Crippen LogP) is 4.31. The second-order valence-corrected chi connectivity index (χ2v) is 8.42. The van der Waals surface area contributed by atoms with Gasteiger partial charge in [0.1, 0.15) is 11.9 Å². The number of halogens is 1.